The number of allylic oxidation sites excluding steroid dienone is 2. The van der Waals surface area contributed by atoms with Crippen LogP contribution in [0.5, 0.6) is 0 Å². The Bertz CT molecular complexity index is 432. The highest BCUT2D eigenvalue weighted by Gasteiger charge is 2.11. The van der Waals surface area contributed by atoms with Gasteiger partial charge in [0, 0.05) is 12.5 Å². The lowest BCUT2D eigenvalue weighted by Crippen LogP contribution is -2.17. The fraction of sp³-hybridized carbons (Fsp3) is 0.235. The van der Waals surface area contributed by atoms with Gasteiger partial charge in [-0.3, -0.25) is 0 Å². The van der Waals surface area contributed by atoms with Gasteiger partial charge in [-0.05, 0) is 18.4 Å². The Hall–Kier alpha value is -2.09. The highest BCUT2D eigenvalue weighted by Crippen LogP contribution is 2.11. The van der Waals surface area contributed by atoms with Crippen LogP contribution < -0.4 is 0 Å². The maximum Gasteiger partial charge on any atom is 0.330 e. The number of carbonyl (C=O) groups excluding carboxylic acids is 1. The van der Waals surface area contributed by atoms with Crippen molar-refractivity contribution >= 4 is 5.97 Å². The lowest BCUT2D eigenvalue weighted by Gasteiger charge is -2.15. The molecule has 0 heterocycles. The Kier molecular flexibility index (Phi) is 7.03. The highest BCUT2D eigenvalue weighted by molar-refractivity contribution is 5.81. The van der Waals surface area contributed by atoms with Gasteiger partial charge in [0.15, 0.2) is 0 Å². The Morgan fingerprint density at radius 1 is 1.26 bits per heavy atom. The monoisotopic (exact) mass is 256 g/mol. The van der Waals surface area contributed by atoms with E-state index in [1.807, 2.05) is 30.4 Å². The van der Waals surface area contributed by atoms with Gasteiger partial charge in [-0.2, -0.15) is 0 Å². The summed E-state index contributed by atoms with van der Waals surface area (Å²) in [5.74, 6) is -0.370. The second-order valence-corrected chi connectivity index (χ2v) is 4.19. The van der Waals surface area contributed by atoms with Crippen LogP contribution >= 0.6 is 0 Å². The molecule has 0 saturated heterocycles. The van der Waals surface area contributed by atoms with Crippen LogP contribution in [0, 0.1) is 0 Å². The molecule has 1 unspecified atom stereocenters. The molecule has 0 bridgehead atoms. The number of hydrogen-bond donors (Lipinski definition) is 0. The molecule has 2 nitrogen and oxygen atoms in total. The number of carbonyl (C=O) groups is 1. The summed E-state index contributed by atoms with van der Waals surface area (Å²) in [6, 6.07) is 10.2. The minimum atomic E-state index is -0.370. The van der Waals surface area contributed by atoms with Crippen LogP contribution in [0.1, 0.15) is 18.4 Å². The van der Waals surface area contributed by atoms with Crippen molar-refractivity contribution in [2.75, 3.05) is 0 Å². The van der Waals surface area contributed by atoms with Crippen LogP contribution in [0.4, 0.5) is 0 Å². The Morgan fingerprint density at radius 2 is 2.00 bits per heavy atom. The quantitative estimate of drug-likeness (QED) is 0.401. The van der Waals surface area contributed by atoms with Crippen LogP contribution in [0.2, 0.25) is 0 Å². The zero-order valence-corrected chi connectivity index (χ0v) is 11.1. The first kappa shape index (κ1) is 15.0. The van der Waals surface area contributed by atoms with Gasteiger partial charge in [0.1, 0.15) is 6.10 Å². The molecule has 1 aromatic rings. The lowest BCUT2D eigenvalue weighted by molar-refractivity contribution is -0.143. The summed E-state index contributed by atoms with van der Waals surface area (Å²) < 4.78 is 5.33. The van der Waals surface area contributed by atoms with Gasteiger partial charge >= 0.3 is 5.97 Å². The van der Waals surface area contributed by atoms with Crippen LogP contribution in [0.3, 0.4) is 0 Å². The summed E-state index contributed by atoms with van der Waals surface area (Å²) in [7, 11) is 0. The second kappa shape index (κ2) is 8.92. The molecule has 100 valence electrons. The van der Waals surface area contributed by atoms with Gasteiger partial charge in [-0.25, -0.2) is 4.79 Å². The molecule has 1 atom stereocenters. The minimum absolute atomic E-state index is 0.123. The van der Waals surface area contributed by atoms with Crippen molar-refractivity contribution in [3.8, 4) is 0 Å². The SMILES string of the molecule is C=C/C=C/CC(CCc1ccccc1)OC(=O)C=C. The van der Waals surface area contributed by atoms with Crippen molar-refractivity contribution in [2.24, 2.45) is 0 Å². The number of aryl methyl sites for hydroxylation is 1. The van der Waals surface area contributed by atoms with Crippen molar-refractivity contribution in [2.45, 2.75) is 25.4 Å². The van der Waals surface area contributed by atoms with E-state index in [1.54, 1.807) is 6.08 Å². The fourth-order valence-electron chi connectivity index (χ4n) is 1.74. The van der Waals surface area contributed by atoms with Crippen molar-refractivity contribution in [1.82, 2.24) is 0 Å². The number of esters is 1. The molecular formula is C17H20O2. The molecule has 1 aromatic carbocycles. The molecule has 0 aliphatic heterocycles. The van der Waals surface area contributed by atoms with Gasteiger partial charge in [0.2, 0.25) is 0 Å². The average molecular weight is 256 g/mol. The second-order valence-electron chi connectivity index (χ2n) is 4.19. The van der Waals surface area contributed by atoms with E-state index in [4.69, 9.17) is 4.74 Å². The summed E-state index contributed by atoms with van der Waals surface area (Å²) in [6.45, 7) is 7.04. The van der Waals surface area contributed by atoms with Crippen LogP contribution in [0.25, 0.3) is 0 Å². The van der Waals surface area contributed by atoms with Gasteiger partial charge in [-0.1, -0.05) is 61.7 Å². The molecule has 1 rings (SSSR count). The normalized spacial score (nSPS) is 12.0. The predicted molar refractivity (Wildman–Crippen MR) is 78.8 cm³/mol. The van der Waals surface area contributed by atoms with Gasteiger partial charge in [0.05, 0.1) is 0 Å². The first-order chi connectivity index (χ1) is 9.26. The molecule has 19 heavy (non-hydrogen) atoms. The van der Waals surface area contributed by atoms with E-state index in [0.717, 1.165) is 12.8 Å². The number of ether oxygens (including phenoxy) is 1. The molecule has 0 fully saturated rings. The zero-order valence-electron chi connectivity index (χ0n) is 11.1. The number of rotatable bonds is 8. The van der Waals surface area contributed by atoms with Crippen molar-refractivity contribution in [1.29, 1.82) is 0 Å². The third kappa shape index (κ3) is 6.41. The summed E-state index contributed by atoms with van der Waals surface area (Å²) in [5, 5.41) is 0. The van der Waals surface area contributed by atoms with E-state index < -0.39 is 0 Å². The van der Waals surface area contributed by atoms with Crippen molar-refractivity contribution in [3.63, 3.8) is 0 Å². The summed E-state index contributed by atoms with van der Waals surface area (Å²) in [4.78, 5) is 11.3. The van der Waals surface area contributed by atoms with Crippen molar-refractivity contribution in [3.05, 3.63) is 73.4 Å². The molecule has 0 saturated carbocycles. The summed E-state index contributed by atoms with van der Waals surface area (Å²) in [6.07, 6.45) is 8.98. The molecule has 0 aromatic heterocycles. The number of benzene rings is 1. The largest absolute Gasteiger partial charge is 0.459 e. The van der Waals surface area contributed by atoms with E-state index in [1.165, 1.54) is 11.6 Å². The summed E-state index contributed by atoms with van der Waals surface area (Å²) >= 11 is 0. The Labute approximate surface area is 115 Å². The molecule has 0 N–H and O–H groups in total. The topological polar surface area (TPSA) is 26.3 Å². The highest BCUT2D eigenvalue weighted by atomic mass is 16.5. The van der Waals surface area contributed by atoms with Crippen LogP contribution in [0.15, 0.2) is 67.8 Å². The average Bonchev–Trinajstić information content (AvgIpc) is 2.45. The number of hydrogen-bond acceptors (Lipinski definition) is 2. The maximum atomic E-state index is 11.3. The Morgan fingerprint density at radius 3 is 2.63 bits per heavy atom. The molecule has 0 radical (unpaired) electrons. The van der Waals surface area contributed by atoms with E-state index in [9.17, 15) is 4.79 Å². The fourth-order valence-corrected chi connectivity index (χ4v) is 1.74. The first-order valence-corrected chi connectivity index (χ1v) is 6.40. The van der Waals surface area contributed by atoms with Gasteiger partial charge < -0.3 is 4.74 Å². The van der Waals surface area contributed by atoms with Crippen molar-refractivity contribution < 1.29 is 9.53 Å². The predicted octanol–water partition coefficient (Wildman–Crippen LogP) is 3.85. The van der Waals surface area contributed by atoms with E-state index in [-0.39, 0.29) is 12.1 Å². The first-order valence-electron chi connectivity index (χ1n) is 6.40. The zero-order chi connectivity index (χ0) is 13.9. The maximum absolute atomic E-state index is 11.3. The molecule has 2 heteroatoms. The van der Waals surface area contributed by atoms with Crippen LogP contribution in [-0.4, -0.2) is 12.1 Å². The molecule has 0 aliphatic rings. The lowest BCUT2D eigenvalue weighted by atomic mass is 10.0. The smallest absolute Gasteiger partial charge is 0.330 e. The van der Waals surface area contributed by atoms with E-state index in [2.05, 4.69) is 25.3 Å². The Balaban J connectivity index is 2.52. The minimum Gasteiger partial charge on any atom is -0.459 e. The third-order valence-electron chi connectivity index (χ3n) is 2.72. The summed E-state index contributed by atoms with van der Waals surface area (Å²) in [5.41, 5.74) is 1.25. The third-order valence-corrected chi connectivity index (χ3v) is 2.72. The standard InChI is InChI=1S/C17H20O2/c1-3-5-7-12-16(19-17(18)4-2)14-13-15-10-8-6-9-11-15/h3-11,16H,1-2,12-14H2/b7-5+. The molecule has 0 amide bonds. The van der Waals surface area contributed by atoms with E-state index >= 15 is 0 Å². The molecule has 0 spiro atoms. The molecular weight excluding hydrogens is 236 g/mol. The molecule has 0 aliphatic carbocycles. The van der Waals surface area contributed by atoms with Gasteiger partial charge in [-0.15, -0.1) is 0 Å². The van der Waals surface area contributed by atoms with Crippen LogP contribution in [-0.2, 0) is 16.0 Å². The van der Waals surface area contributed by atoms with E-state index in [0.29, 0.717) is 6.42 Å². The van der Waals surface area contributed by atoms with Gasteiger partial charge in [0.25, 0.3) is 0 Å².